The largest absolute Gasteiger partial charge is 0.508 e. The van der Waals surface area contributed by atoms with Gasteiger partial charge in [-0.05, 0) is 136 Å². The number of anilines is 2. The minimum absolute atomic E-state index is 0.00869. The Morgan fingerprint density at radius 3 is 2.61 bits per heavy atom. The number of rotatable bonds is 7. The topological polar surface area (TPSA) is 223 Å². The van der Waals surface area contributed by atoms with Crippen molar-refractivity contribution >= 4 is 28.6 Å². The van der Waals surface area contributed by atoms with Crippen LogP contribution in [0, 0.1) is 11.8 Å². The van der Waals surface area contributed by atoms with Crippen molar-refractivity contribution in [3.8, 4) is 17.2 Å². The van der Waals surface area contributed by atoms with Crippen molar-refractivity contribution in [1.82, 2.24) is 15.3 Å². The normalized spacial score (nSPS) is 26.4. The number of allylic oxidation sites excluding steroid dienone is 1. The number of fused-ring (bicyclic) bond motifs is 11. The molecule has 2 aliphatic carbocycles. The lowest BCUT2D eigenvalue weighted by Crippen LogP contribution is -2.59. The third-order valence-electron chi connectivity index (χ3n) is 15.7. The summed E-state index contributed by atoms with van der Waals surface area (Å²) in [7, 11) is 0. The number of ether oxygens (including phenoxy) is 2. The molecule has 2 aromatic carbocycles. The molecule has 3 aliphatic heterocycles. The zero-order valence-corrected chi connectivity index (χ0v) is 37.9. The number of nitrogens with zero attached hydrogens (tertiary/aromatic N) is 2. The summed E-state index contributed by atoms with van der Waals surface area (Å²) in [5, 5.41) is 52.7. The number of aromatic nitrogens is 2. The number of benzene rings is 2. The number of nitrogens with one attached hydrogen (secondary N) is 2. The first-order valence-corrected chi connectivity index (χ1v) is 23.5. The lowest BCUT2D eigenvalue weighted by molar-refractivity contribution is -0.168. The number of nitrogen functional groups attached to an aromatic ring is 1. The van der Waals surface area contributed by atoms with Crippen LogP contribution in [-0.2, 0) is 48.2 Å². The molecule has 5 aliphatic rings. The molecule has 66 heavy (non-hydrogen) atoms. The zero-order valence-electron chi connectivity index (χ0n) is 37.9. The summed E-state index contributed by atoms with van der Waals surface area (Å²) in [6, 6.07) is 8.65. The van der Waals surface area contributed by atoms with Crippen molar-refractivity contribution in [1.29, 1.82) is 0 Å². The first kappa shape index (κ1) is 43.9. The number of aliphatic hydroxyl groups is 2. The van der Waals surface area contributed by atoms with E-state index in [1.807, 2.05) is 32.2 Å². The molecule has 4 bridgehead atoms. The van der Waals surface area contributed by atoms with Gasteiger partial charge in [0.15, 0.2) is 5.43 Å². The van der Waals surface area contributed by atoms with E-state index in [9.17, 15) is 30.0 Å². The predicted molar refractivity (Wildman–Crippen MR) is 249 cm³/mol. The highest BCUT2D eigenvalue weighted by molar-refractivity contribution is 5.92. The summed E-state index contributed by atoms with van der Waals surface area (Å²) in [6.45, 7) is 7.87. The van der Waals surface area contributed by atoms with Crippen molar-refractivity contribution < 1.29 is 39.1 Å². The number of aliphatic hydroxyl groups excluding tert-OH is 2. The predicted octanol–water partition coefficient (Wildman–Crippen LogP) is 6.35. The van der Waals surface area contributed by atoms with Gasteiger partial charge in [-0.1, -0.05) is 19.1 Å². The van der Waals surface area contributed by atoms with Crippen LogP contribution in [0.15, 0.2) is 63.6 Å². The molecule has 0 radical (unpaired) electrons. The second-order valence-electron chi connectivity index (χ2n) is 19.2. The molecule has 0 amide bonds. The maximum absolute atomic E-state index is 14.5. The number of aromatic hydroxyl groups is 2. The first-order valence-electron chi connectivity index (χ1n) is 23.5. The molecule has 0 spiro atoms. The fraction of sp³-hybridized carbons (Fsp3) is 0.462. The van der Waals surface area contributed by atoms with Gasteiger partial charge < -0.3 is 50.7 Å². The van der Waals surface area contributed by atoms with E-state index >= 15 is 0 Å². The highest BCUT2D eigenvalue weighted by Crippen LogP contribution is 2.60. The number of phenolic OH excluding ortho intramolecular Hbond substituents is 2. The zero-order chi connectivity index (χ0) is 46.2. The molecule has 8 atom stereocenters. The Kier molecular flexibility index (Phi) is 11.3. The number of hydrogen-bond acceptors (Lipinski definition) is 14. The maximum atomic E-state index is 14.5. The Labute approximate surface area is 383 Å². The van der Waals surface area contributed by atoms with Crippen molar-refractivity contribution in [2.45, 2.75) is 121 Å². The molecular weight excluding hydrogens is 839 g/mol. The summed E-state index contributed by atoms with van der Waals surface area (Å²) in [5.74, 6) is -1.86. The number of nitrogens with two attached hydrogens (primary N) is 1. The lowest BCUT2D eigenvalue weighted by atomic mass is 9.62. The van der Waals surface area contributed by atoms with Crippen LogP contribution in [0.25, 0.3) is 11.0 Å². The SMILES string of the molecule is CC=C(CNCC)C(=O)OC1Cc2c3c(c4oc(CO)cc(=O)c4c2O)C2c4ccnc(N)c4C(CCc4ccc(O)cc4C2CO)C2CCc4c(cnc5c4CCC(C)N5)CC2C1(C)O3. The van der Waals surface area contributed by atoms with Gasteiger partial charge in [-0.3, -0.25) is 4.79 Å². The van der Waals surface area contributed by atoms with E-state index in [0.717, 1.165) is 59.8 Å². The van der Waals surface area contributed by atoms with Crippen molar-refractivity contribution in [3.05, 3.63) is 120 Å². The second-order valence-corrected chi connectivity index (χ2v) is 19.2. The van der Waals surface area contributed by atoms with E-state index in [-0.39, 0.29) is 70.3 Å². The molecule has 8 N–H and O–H groups in total. The Morgan fingerprint density at radius 1 is 1.02 bits per heavy atom. The molecule has 0 saturated heterocycles. The monoisotopic (exact) mass is 897 g/mol. The van der Waals surface area contributed by atoms with Crippen molar-refractivity contribution in [2.75, 3.05) is 30.7 Å². The van der Waals surface area contributed by atoms with Crippen molar-refractivity contribution in [3.63, 3.8) is 0 Å². The van der Waals surface area contributed by atoms with Gasteiger partial charge in [0.25, 0.3) is 0 Å². The maximum Gasteiger partial charge on any atom is 0.335 e. The molecule has 14 nitrogen and oxygen atoms in total. The lowest BCUT2D eigenvalue weighted by Gasteiger charge is -2.51. The molecule has 8 unspecified atom stereocenters. The van der Waals surface area contributed by atoms with Crippen LogP contribution in [0.2, 0.25) is 0 Å². The van der Waals surface area contributed by atoms with Crippen LogP contribution < -0.4 is 26.5 Å². The van der Waals surface area contributed by atoms with E-state index in [1.54, 1.807) is 31.3 Å². The Bertz CT molecular complexity index is 2860. The highest BCUT2D eigenvalue weighted by atomic mass is 16.6. The summed E-state index contributed by atoms with van der Waals surface area (Å²) in [6.07, 6.45) is 9.43. The number of carbonyl (C=O) groups excluding carboxylic acids is 1. The second kappa shape index (κ2) is 17.0. The highest BCUT2D eigenvalue weighted by Gasteiger charge is 2.57. The van der Waals surface area contributed by atoms with Gasteiger partial charge in [0.1, 0.15) is 63.9 Å². The number of phenols is 2. The van der Waals surface area contributed by atoms with E-state index in [0.29, 0.717) is 54.4 Å². The van der Waals surface area contributed by atoms with E-state index in [1.165, 1.54) is 11.1 Å². The smallest absolute Gasteiger partial charge is 0.335 e. The van der Waals surface area contributed by atoms with Crippen LogP contribution in [0.4, 0.5) is 11.6 Å². The molecule has 10 rings (SSSR count). The molecule has 6 heterocycles. The number of aryl methyl sites for hydroxylation is 1. The van der Waals surface area contributed by atoms with Gasteiger partial charge in [-0.15, -0.1) is 0 Å². The van der Waals surface area contributed by atoms with Gasteiger partial charge in [0, 0.05) is 77.5 Å². The van der Waals surface area contributed by atoms with E-state index in [4.69, 9.17) is 29.6 Å². The molecule has 3 aromatic heterocycles. The van der Waals surface area contributed by atoms with Gasteiger partial charge in [-0.25, -0.2) is 14.8 Å². The van der Waals surface area contributed by atoms with E-state index in [2.05, 4.69) is 17.6 Å². The molecule has 346 valence electrons. The Hall–Kier alpha value is -5.96. The van der Waals surface area contributed by atoms with Crippen LogP contribution >= 0.6 is 0 Å². The number of carbonyl (C=O) groups is 1. The van der Waals surface area contributed by atoms with E-state index < -0.39 is 48.2 Å². The molecule has 0 fully saturated rings. The third-order valence-corrected chi connectivity index (χ3v) is 15.7. The summed E-state index contributed by atoms with van der Waals surface area (Å²) >= 11 is 0. The number of esters is 1. The third kappa shape index (κ3) is 7.02. The summed E-state index contributed by atoms with van der Waals surface area (Å²) in [4.78, 5) is 38.6. The standard InChI is InChI=1S/C52H59N5O9/c1-5-26(21-54-6-2)51(63)65-41-20-37-46(62)44-40(61)19-30(23-58)64-48(44)45-42-35-15-16-55-49(53)43(35)33(12-9-27-8-10-29(60)18-36(27)38(42)24-59)32-14-13-31-28(17-39(32)52(41,4)66-47(37)45)22-56-50-34(31)11-7-25(3)57-50/h5,8,10,15-16,18-19,22,25,32-33,38-39,41-42,54,58-60,62H,6-7,9,11-14,17,20-21,23-24H2,1-4H3,(H2,53,55)(H,56,57). The minimum atomic E-state index is -1.30. The summed E-state index contributed by atoms with van der Waals surface area (Å²) in [5.41, 5.74) is 13.1. The van der Waals surface area contributed by atoms with Gasteiger partial charge >= 0.3 is 5.97 Å². The Morgan fingerprint density at radius 2 is 1.83 bits per heavy atom. The van der Waals surface area contributed by atoms with Gasteiger partial charge in [-0.2, -0.15) is 0 Å². The number of pyridine rings is 2. The van der Waals surface area contributed by atoms with Gasteiger partial charge in [0.05, 0.1) is 6.61 Å². The molecule has 5 aromatic rings. The average molecular weight is 898 g/mol. The summed E-state index contributed by atoms with van der Waals surface area (Å²) < 4.78 is 20.9. The number of hydrogen-bond donors (Lipinski definition) is 7. The fourth-order valence-corrected chi connectivity index (χ4v) is 12.4. The van der Waals surface area contributed by atoms with Crippen LogP contribution in [-0.4, -0.2) is 73.8 Å². The average Bonchev–Trinajstić information content (AvgIpc) is 3.47. The van der Waals surface area contributed by atoms with Gasteiger partial charge in [0.2, 0.25) is 0 Å². The van der Waals surface area contributed by atoms with Crippen LogP contribution in [0.3, 0.4) is 0 Å². The Balaban J connectivity index is 1.33. The quantitative estimate of drug-likeness (QED) is 0.0699. The van der Waals surface area contributed by atoms with Crippen LogP contribution in [0.1, 0.15) is 121 Å². The minimum Gasteiger partial charge on any atom is -0.508 e. The first-order chi connectivity index (χ1) is 31.9. The number of likely N-dealkylation sites (N-methyl/N-ethyl adjacent to an activating group) is 1. The molecule has 0 saturated carbocycles. The fourth-order valence-electron chi connectivity index (χ4n) is 12.4. The van der Waals surface area contributed by atoms with Crippen molar-refractivity contribution in [2.24, 2.45) is 11.8 Å². The van der Waals surface area contributed by atoms with Crippen LogP contribution in [0.5, 0.6) is 17.2 Å². The molecular formula is C52H59N5O9. The molecule has 14 heteroatoms.